The molecule has 8 heteroatoms. The summed E-state index contributed by atoms with van der Waals surface area (Å²) < 4.78 is 15.0. The monoisotopic (exact) mass is 432 g/mol. The molecule has 1 amide bonds. The highest BCUT2D eigenvalue weighted by molar-refractivity contribution is 6.08. The van der Waals surface area contributed by atoms with Crippen LogP contribution in [0.3, 0.4) is 0 Å². The van der Waals surface area contributed by atoms with Gasteiger partial charge in [-0.15, -0.1) is 0 Å². The van der Waals surface area contributed by atoms with E-state index in [0.29, 0.717) is 13.1 Å². The average molecular weight is 433 g/mol. The van der Waals surface area contributed by atoms with E-state index in [1.807, 2.05) is 31.3 Å². The van der Waals surface area contributed by atoms with Gasteiger partial charge in [0.15, 0.2) is 0 Å². The third kappa shape index (κ3) is 5.01. The first kappa shape index (κ1) is 23.1. The van der Waals surface area contributed by atoms with Gasteiger partial charge >= 0.3 is 12.3 Å². The highest BCUT2D eigenvalue weighted by Gasteiger charge is 2.52. The van der Waals surface area contributed by atoms with E-state index in [2.05, 4.69) is 9.64 Å². The van der Waals surface area contributed by atoms with Gasteiger partial charge in [0.05, 0.1) is 5.41 Å². The van der Waals surface area contributed by atoms with Gasteiger partial charge in [0.2, 0.25) is 5.91 Å². The van der Waals surface area contributed by atoms with Gasteiger partial charge in [-0.3, -0.25) is 9.69 Å². The molecule has 31 heavy (non-hydrogen) atoms. The lowest BCUT2D eigenvalue weighted by Crippen LogP contribution is -2.54. The van der Waals surface area contributed by atoms with E-state index in [-0.39, 0.29) is 5.91 Å². The minimum atomic E-state index is -1.10. The summed E-state index contributed by atoms with van der Waals surface area (Å²) in [4.78, 5) is 40.9. The SMILES string of the molecule is CN1C(=O)C2(CCCN(CC(C)(C)OC(=O)OC(=O)OC(C)(C)C)C2)c2ccccc21. The van der Waals surface area contributed by atoms with Crippen LogP contribution in [0.15, 0.2) is 24.3 Å². The molecule has 2 heterocycles. The van der Waals surface area contributed by atoms with Crippen LogP contribution in [0.25, 0.3) is 0 Å². The Kier molecular flexibility index (Phi) is 6.06. The van der Waals surface area contributed by atoms with Crippen molar-refractivity contribution in [1.82, 2.24) is 4.90 Å². The number of benzene rings is 1. The summed E-state index contributed by atoms with van der Waals surface area (Å²) in [7, 11) is 1.81. The Morgan fingerprint density at radius 3 is 2.39 bits per heavy atom. The number of para-hydroxylation sites is 1. The highest BCUT2D eigenvalue weighted by Crippen LogP contribution is 2.46. The van der Waals surface area contributed by atoms with Crippen LogP contribution in [0.1, 0.15) is 53.0 Å². The molecule has 0 aromatic heterocycles. The van der Waals surface area contributed by atoms with Gasteiger partial charge in [-0.05, 0) is 65.6 Å². The Morgan fingerprint density at radius 2 is 1.71 bits per heavy atom. The third-order valence-corrected chi connectivity index (χ3v) is 5.59. The molecule has 0 N–H and O–H groups in total. The number of hydrogen-bond donors (Lipinski definition) is 0. The molecule has 1 atom stereocenters. The summed E-state index contributed by atoms with van der Waals surface area (Å²) >= 11 is 0. The Labute approximate surface area is 183 Å². The minimum absolute atomic E-state index is 0.0986. The summed E-state index contributed by atoms with van der Waals surface area (Å²) in [5.74, 6) is 0.0986. The average Bonchev–Trinajstić information content (AvgIpc) is 2.82. The zero-order valence-electron chi connectivity index (χ0n) is 19.2. The van der Waals surface area contributed by atoms with Gasteiger partial charge in [0.25, 0.3) is 0 Å². The number of piperidine rings is 1. The quantitative estimate of drug-likeness (QED) is 0.529. The van der Waals surface area contributed by atoms with Gasteiger partial charge in [0.1, 0.15) is 11.2 Å². The van der Waals surface area contributed by atoms with E-state index in [9.17, 15) is 14.4 Å². The number of fused-ring (bicyclic) bond motifs is 2. The predicted molar refractivity (Wildman–Crippen MR) is 115 cm³/mol. The first-order valence-electron chi connectivity index (χ1n) is 10.6. The zero-order valence-corrected chi connectivity index (χ0v) is 19.2. The molecule has 1 saturated heterocycles. The van der Waals surface area contributed by atoms with Crippen LogP contribution in [-0.4, -0.2) is 61.0 Å². The number of ether oxygens (including phenoxy) is 3. The minimum Gasteiger partial charge on any atom is -0.428 e. The highest BCUT2D eigenvalue weighted by atomic mass is 16.8. The Bertz CT molecular complexity index is 875. The van der Waals surface area contributed by atoms with Crippen molar-refractivity contribution in [3.05, 3.63) is 29.8 Å². The summed E-state index contributed by atoms with van der Waals surface area (Å²) in [6, 6.07) is 7.90. The lowest BCUT2D eigenvalue weighted by atomic mass is 9.75. The Balaban J connectivity index is 1.66. The number of nitrogens with zero attached hydrogens (tertiary/aromatic N) is 2. The molecule has 0 bridgehead atoms. The van der Waals surface area contributed by atoms with Crippen LogP contribution in [0, 0.1) is 0 Å². The smallest absolute Gasteiger partial charge is 0.428 e. The lowest BCUT2D eigenvalue weighted by Gasteiger charge is -2.42. The zero-order chi connectivity index (χ0) is 23.0. The standard InChI is InChI=1S/C23H32N2O6/c1-21(2,3)30-19(27)29-20(28)31-22(4,5)14-25-13-9-12-23(15-25)16-10-7-8-11-17(16)24(6)18(23)26/h7-8,10-11H,9,12-15H2,1-6H3. The van der Waals surface area contributed by atoms with Gasteiger partial charge in [-0.1, -0.05) is 18.2 Å². The molecule has 2 aliphatic heterocycles. The summed E-state index contributed by atoms with van der Waals surface area (Å²) in [5.41, 5.74) is -0.283. The molecule has 1 aromatic rings. The van der Waals surface area contributed by atoms with E-state index >= 15 is 0 Å². The van der Waals surface area contributed by atoms with Crippen molar-refractivity contribution in [1.29, 1.82) is 0 Å². The van der Waals surface area contributed by atoms with Crippen molar-refractivity contribution in [2.45, 2.75) is 64.1 Å². The number of amides is 1. The molecule has 1 unspecified atom stereocenters. The number of carbonyl (C=O) groups excluding carboxylic acids is 3. The normalized spacial score (nSPS) is 21.7. The maximum atomic E-state index is 13.2. The van der Waals surface area contributed by atoms with E-state index in [4.69, 9.17) is 9.47 Å². The molecule has 3 rings (SSSR count). The Hall–Kier alpha value is -2.61. The molecule has 2 aliphatic rings. The molecule has 1 spiro atoms. The van der Waals surface area contributed by atoms with Crippen molar-refractivity contribution in [2.75, 3.05) is 31.6 Å². The number of hydrogen-bond acceptors (Lipinski definition) is 7. The second-order valence-electron chi connectivity index (χ2n) is 9.96. The molecule has 8 nitrogen and oxygen atoms in total. The second kappa shape index (κ2) is 8.15. The van der Waals surface area contributed by atoms with Crippen molar-refractivity contribution < 1.29 is 28.6 Å². The van der Waals surface area contributed by atoms with E-state index in [1.54, 1.807) is 39.5 Å². The van der Waals surface area contributed by atoms with Crippen molar-refractivity contribution in [3.63, 3.8) is 0 Å². The molecule has 1 fully saturated rings. The van der Waals surface area contributed by atoms with Crippen LogP contribution in [0.5, 0.6) is 0 Å². The molecule has 0 saturated carbocycles. The van der Waals surface area contributed by atoms with Gasteiger partial charge in [0, 0.05) is 25.8 Å². The summed E-state index contributed by atoms with van der Waals surface area (Å²) in [6.45, 7) is 10.3. The van der Waals surface area contributed by atoms with E-state index in [0.717, 1.165) is 30.6 Å². The van der Waals surface area contributed by atoms with E-state index < -0.39 is 28.9 Å². The van der Waals surface area contributed by atoms with Crippen LogP contribution in [0.2, 0.25) is 0 Å². The first-order valence-corrected chi connectivity index (χ1v) is 10.6. The molecular weight excluding hydrogens is 400 g/mol. The second-order valence-corrected chi connectivity index (χ2v) is 9.96. The molecule has 1 aromatic carbocycles. The van der Waals surface area contributed by atoms with Crippen LogP contribution < -0.4 is 4.90 Å². The van der Waals surface area contributed by atoms with E-state index in [1.165, 1.54) is 0 Å². The van der Waals surface area contributed by atoms with Gasteiger partial charge in [-0.25, -0.2) is 9.59 Å². The lowest BCUT2D eigenvalue weighted by molar-refractivity contribution is -0.125. The van der Waals surface area contributed by atoms with Crippen LogP contribution in [0.4, 0.5) is 15.3 Å². The largest absolute Gasteiger partial charge is 0.519 e. The molecule has 0 aliphatic carbocycles. The van der Waals surface area contributed by atoms with Gasteiger partial charge in [-0.2, -0.15) is 0 Å². The van der Waals surface area contributed by atoms with Crippen LogP contribution in [-0.2, 0) is 24.4 Å². The maximum absolute atomic E-state index is 13.2. The third-order valence-electron chi connectivity index (χ3n) is 5.59. The number of likely N-dealkylation sites (tertiary alicyclic amines) is 1. The van der Waals surface area contributed by atoms with Crippen molar-refractivity contribution in [3.8, 4) is 0 Å². The number of rotatable bonds is 3. The number of anilines is 1. The fraction of sp³-hybridized carbons (Fsp3) is 0.609. The van der Waals surface area contributed by atoms with Crippen molar-refractivity contribution in [2.24, 2.45) is 0 Å². The first-order chi connectivity index (χ1) is 14.3. The van der Waals surface area contributed by atoms with Crippen molar-refractivity contribution >= 4 is 23.9 Å². The maximum Gasteiger partial charge on any atom is 0.519 e. The molecule has 0 radical (unpaired) electrons. The molecule has 170 valence electrons. The topological polar surface area (TPSA) is 85.4 Å². The van der Waals surface area contributed by atoms with Gasteiger partial charge < -0.3 is 19.1 Å². The Morgan fingerprint density at radius 1 is 1.06 bits per heavy atom. The predicted octanol–water partition coefficient (Wildman–Crippen LogP) is 3.86. The molecular formula is C23H32N2O6. The summed E-state index contributed by atoms with van der Waals surface area (Å²) in [5, 5.41) is 0. The fourth-order valence-electron chi connectivity index (χ4n) is 4.55. The number of likely N-dealkylation sites (N-methyl/N-ethyl adjacent to an activating group) is 1. The number of carbonyl (C=O) groups is 3. The fourth-order valence-corrected chi connectivity index (χ4v) is 4.55. The van der Waals surface area contributed by atoms with Crippen LogP contribution >= 0.6 is 0 Å². The summed E-state index contributed by atoms with van der Waals surface area (Å²) in [6.07, 6.45) is -0.563.